The number of aromatic amines is 1. The maximum atomic E-state index is 12.0. The highest BCUT2D eigenvalue weighted by Crippen LogP contribution is 2.30. The van der Waals surface area contributed by atoms with E-state index in [2.05, 4.69) is 44.4 Å². The summed E-state index contributed by atoms with van der Waals surface area (Å²) in [6, 6.07) is 21.6. The smallest absolute Gasteiger partial charge is 0.336 e. The molecule has 1 aliphatic rings. The number of rotatable bonds is 5. The maximum Gasteiger partial charge on any atom is 0.336 e. The Morgan fingerprint density at radius 3 is 2.54 bits per heavy atom. The highest BCUT2D eigenvalue weighted by Gasteiger charge is 2.17. The summed E-state index contributed by atoms with van der Waals surface area (Å²) in [6.45, 7) is 5.31. The average molecular weight is 482 g/mol. The van der Waals surface area contributed by atoms with Gasteiger partial charge in [0, 0.05) is 61.1 Å². The molecule has 6 heteroatoms. The van der Waals surface area contributed by atoms with E-state index in [0.29, 0.717) is 11.1 Å². The van der Waals surface area contributed by atoms with Gasteiger partial charge in [0.2, 0.25) is 0 Å². The number of nitrogens with one attached hydrogen (secondary N) is 1. The van der Waals surface area contributed by atoms with Gasteiger partial charge in [-0.1, -0.05) is 48.1 Å². The van der Waals surface area contributed by atoms with Crippen molar-refractivity contribution in [2.45, 2.75) is 6.54 Å². The second-order valence-electron chi connectivity index (χ2n) is 8.65. The van der Waals surface area contributed by atoms with Crippen molar-refractivity contribution in [3.8, 4) is 23.0 Å². The Morgan fingerprint density at radius 1 is 1.00 bits per heavy atom. The summed E-state index contributed by atoms with van der Waals surface area (Å²) >= 11 is 1.82. The quantitative estimate of drug-likeness (QED) is 0.298. The highest BCUT2D eigenvalue weighted by atomic mass is 32.2. The lowest BCUT2D eigenvalue weighted by atomic mass is 9.93. The molecule has 35 heavy (non-hydrogen) atoms. The molecule has 0 spiro atoms. The number of hydrogen-bond donors (Lipinski definition) is 2. The van der Waals surface area contributed by atoms with Crippen LogP contribution in [0.3, 0.4) is 0 Å². The first-order valence-corrected chi connectivity index (χ1v) is 12.8. The summed E-state index contributed by atoms with van der Waals surface area (Å²) in [5, 5.41) is 10.9. The molecule has 0 unspecified atom stereocenters. The van der Waals surface area contributed by atoms with Crippen LogP contribution in [0.1, 0.15) is 27.0 Å². The van der Waals surface area contributed by atoms with Gasteiger partial charge in [-0.2, -0.15) is 0 Å². The first kappa shape index (κ1) is 23.3. The lowest BCUT2D eigenvalue weighted by Crippen LogP contribution is -2.42. The minimum atomic E-state index is -0.958. The molecule has 5 nitrogen and oxygen atoms in total. The predicted molar refractivity (Wildman–Crippen MR) is 143 cm³/mol. The van der Waals surface area contributed by atoms with Crippen LogP contribution in [0.25, 0.3) is 22.0 Å². The molecule has 176 valence electrons. The summed E-state index contributed by atoms with van der Waals surface area (Å²) < 4.78 is 2.40. The second-order valence-corrected chi connectivity index (χ2v) is 9.53. The molecule has 0 atom stereocenters. The number of piperazine rings is 1. The van der Waals surface area contributed by atoms with Crippen LogP contribution in [0.15, 0.2) is 72.9 Å². The lowest BCUT2D eigenvalue weighted by molar-refractivity contribution is 0.0697. The van der Waals surface area contributed by atoms with E-state index in [1.165, 1.54) is 5.56 Å². The number of H-pyrrole nitrogens is 1. The first-order valence-electron chi connectivity index (χ1n) is 11.7. The van der Waals surface area contributed by atoms with Crippen LogP contribution >= 0.6 is 11.9 Å². The van der Waals surface area contributed by atoms with Crippen molar-refractivity contribution in [2.24, 2.45) is 0 Å². The van der Waals surface area contributed by atoms with E-state index >= 15 is 0 Å². The number of aromatic carboxylic acids is 1. The van der Waals surface area contributed by atoms with Crippen LogP contribution < -0.4 is 0 Å². The van der Waals surface area contributed by atoms with Crippen molar-refractivity contribution in [3.63, 3.8) is 0 Å². The van der Waals surface area contributed by atoms with Crippen molar-refractivity contribution in [2.75, 3.05) is 32.4 Å². The van der Waals surface area contributed by atoms with Crippen LogP contribution in [-0.2, 0) is 6.54 Å². The number of benzene rings is 3. The van der Waals surface area contributed by atoms with Crippen LogP contribution in [0.2, 0.25) is 0 Å². The molecule has 1 fully saturated rings. The van der Waals surface area contributed by atoms with E-state index in [1.54, 1.807) is 12.1 Å². The zero-order valence-electron chi connectivity index (χ0n) is 19.6. The molecule has 4 aromatic rings. The van der Waals surface area contributed by atoms with Gasteiger partial charge in [0.15, 0.2) is 0 Å². The summed E-state index contributed by atoms with van der Waals surface area (Å²) in [5.41, 5.74) is 5.66. The number of aromatic nitrogens is 1. The fraction of sp³-hybridized carbons (Fsp3) is 0.207. The van der Waals surface area contributed by atoms with Crippen molar-refractivity contribution >= 4 is 28.8 Å². The topological polar surface area (TPSA) is 59.6 Å². The summed E-state index contributed by atoms with van der Waals surface area (Å²) in [7, 11) is 0. The second kappa shape index (κ2) is 10.4. The summed E-state index contributed by atoms with van der Waals surface area (Å²) in [6.07, 6.45) is 4.02. The minimum Gasteiger partial charge on any atom is -0.478 e. The Kier molecular flexibility index (Phi) is 6.91. The fourth-order valence-electron chi connectivity index (χ4n) is 4.52. The largest absolute Gasteiger partial charge is 0.478 e. The van der Waals surface area contributed by atoms with Crippen molar-refractivity contribution < 1.29 is 9.90 Å². The number of carbonyl (C=O) groups is 1. The molecular formula is C29H27N3O2S. The molecule has 1 aromatic heterocycles. The number of carboxylic acids is 1. The molecule has 1 aliphatic heterocycles. The van der Waals surface area contributed by atoms with Gasteiger partial charge in [0.25, 0.3) is 0 Å². The Balaban J connectivity index is 1.39. The van der Waals surface area contributed by atoms with Crippen molar-refractivity contribution in [3.05, 3.63) is 95.2 Å². The van der Waals surface area contributed by atoms with Gasteiger partial charge in [-0.25, -0.2) is 9.10 Å². The third kappa shape index (κ3) is 5.28. The van der Waals surface area contributed by atoms with Crippen LogP contribution in [0, 0.1) is 11.8 Å². The number of fused-ring (bicyclic) bond motifs is 1. The zero-order chi connectivity index (χ0) is 24.2. The predicted octanol–water partition coefficient (Wildman–Crippen LogP) is 5.33. The molecule has 0 radical (unpaired) electrons. The molecule has 1 saturated heterocycles. The summed E-state index contributed by atoms with van der Waals surface area (Å²) in [4.78, 5) is 17.7. The van der Waals surface area contributed by atoms with Crippen molar-refractivity contribution in [1.82, 2.24) is 14.2 Å². The third-order valence-electron chi connectivity index (χ3n) is 6.43. The normalized spacial score (nSPS) is 14.5. The number of hydrogen-bond acceptors (Lipinski definition) is 4. The molecule has 5 rings (SSSR count). The van der Waals surface area contributed by atoms with Crippen LogP contribution in [0.5, 0.6) is 0 Å². The molecule has 2 N–H and O–H groups in total. The lowest BCUT2D eigenvalue weighted by Gasteiger charge is -2.33. The van der Waals surface area contributed by atoms with Gasteiger partial charge in [0.1, 0.15) is 0 Å². The fourth-order valence-corrected chi connectivity index (χ4v) is 5.04. The highest BCUT2D eigenvalue weighted by molar-refractivity contribution is 7.96. The molecule has 3 aromatic carbocycles. The molecule has 0 saturated carbocycles. The molecule has 0 amide bonds. The average Bonchev–Trinajstić information content (AvgIpc) is 3.36. The molecule has 2 heterocycles. The van der Waals surface area contributed by atoms with Gasteiger partial charge < -0.3 is 10.1 Å². The first-order chi connectivity index (χ1) is 17.1. The monoisotopic (exact) mass is 481 g/mol. The minimum absolute atomic E-state index is 0.253. The van der Waals surface area contributed by atoms with E-state index in [9.17, 15) is 9.90 Å². The summed E-state index contributed by atoms with van der Waals surface area (Å²) in [5.74, 6) is 5.52. The zero-order valence-corrected chi connectivity index (χ0v) is 20.4. The third-order valence-corrected chi connectivity index (χ3v) is 7.31. The van der Waals surface area contributed by atoms with Crippen molar-refractivity contribution in [1.29, 1.82) is 0 Å². The van der Waals surface area contributed by atoms with Gasteiger partial charge in [0.05, 0.1) is 5.56 Å². The van der Waals surface area contributed by atoms with Gasteiger partial charge in [-0.15, -0.1) is 0 Å². The Hall–Kier alpha value is -3.50. The van der Waals surface area contributed by atoms with Gasteiger partial charge in [-0.3, -0.25) is 4.90 Å². The van der Waals surface area contributed by atoms with E-state index in [-0.39, 0.29) is 5.56 Å². The molecule has 0 aliphatic carbocycles. The number of nitrogens with zero attached hydrogens (tertiary/aromatic N) is 2. The number of carboxylic acid groups (broad SMARTS) is 1. The standard InChI is InChI=1S/C29H27N3O2S/c1-35-32-17-15-31(16-18-32)20-22-7-5-21(6-8-22)9-10-23-3-2-4-26(29(33)34)28(23)25-11-12-27-24(19-25)13-14-30-27/h2-8,11-14,19,30H,15-18,20H2,1H3,(H,33,34). The van der Waals surface area contributed by atoms with Crippen LogP contribution in [-0.4, -0.2) is 57.7 Å². The van der Waals surface area contributed by atoms with E-state index in [1.807, 2.05) is 60.6 Å². The van der Waals surface area contributed by atoms with Gasteiger partial charge >= 0.3 is 5.97 Å². The maximum absolute atomic E-state index is 12.0. The SMILES string of the molecule is CSN1CCN(Cc2ccc(C#Cc3cccc(C(=O)O)c3-c3ccc4[nH]ccc4c3)cc2)CC1. The Morgan fingerprint density at radius 2 is 1.80 bits per heavy atom. The van der Waals surface area contributed by atoms with E-state index in [4.69, 9.17) is 0 Å². The van der Waals surface area contributed by atoms with Crippen LogP contribution in [0.4, 0.5) is 0 Å². The molecular weight excluding hydrogens is 454 g/mol. The Bertz CT molecular complexity index is 1410. The Labute approximate surface area is 209 Å². The molecule has 0 bridgehead atoms. The van der Waals surface area contributed by atoms with Gasteiger partial charge in [-0.05, 0) is 65.2 Å². The van der Waals surface area contributed by atoms with E-state index < -0.39 is 5.97 Å². The van der Waals surface area contributed by atoms with E-state index in [0.717, 1.165) is 54.8 Å².